The Balaban J connectivity index is 2.07. The van der Waals surface area contributed by atoms with E-state index in [4.69, 9.17) is 0 Å². The SMILES string of the molecule is CCNC(=O)C(Cc1ccccc1)N(Cc1ccc(C)cc1)C(=O)CN(c1c(C)cccc1C)S(C)(=O)=O. The highest BCUT2D eigenvalue weighted by molar-refractivity contribution is 7.92. The lowest BCUT2D eigenvalue weighted by atomic mass is 10.0. The van der Waals surface area contributed by atoms with Gasteiger partial charge in [-0.25, -0.2) is 8.42 Å². The number of hydrogen-bond acceptors (Lipinski definition) is 4. The van der Waals surface area contributed by atoms with E-state index in [9.17, 15) is 18.0 Å². The van der Waals surface area contributed by atoms with Gasteiger partial charge in [-0.05, 0) is 49.9 Å². The molecule has 0 saturated heterocycles. The summed E-state index contributed by atoms with van der Waals surface area (Å²) in [6, 6.07) is 21.9. The maximum atomic E-state index is 14.0. The Labute approximate surface area is 226 Å². The second kappa shape index (κ2) is 12.7. The summed E-state index contributed by atoms with van der Waals surface area (Å²) in [7, 11) is -3.80. The van der Waals surface area contributed by atoms with Gasteiger partial charge in [0.2, 0.25) is 21.8 Å². The van der Waals surface area contributed by atoms with E-state index >= 15 is 0 Å². The van der Waals surface area contributed by atoms with Crippen molar-refractivity contribution >= 4 is 27.5 Å². The number of anilines is 1. The van der Waals surface area contributed by atoms with Crippen molar-refractivity contribution in [3.05, 3.63) is 101 Å². The Morgan fingerprint density at radius 2 is 1.45 bits per heavy atom. The molecular weight excluding hydrogens is 498 g/mol. The third kappa shape index (κ3) is 7.44. The standard InChI is InChI=1S/C30H37N3O4S/c1-6-31-30(35)27(19-25-13-8-7-9-14-25)32(20-26-17-15-22(2)16-18-26)28(34)21-33(38(5,36)37)29-23(3)11-10-12-24(29)4/h7-18,27H,6,19-21H2,1-5H3,(H,31,35). The highest BCUT2D eigenvalue weighted by Gasteiger charge is 2.33. The van der Waals surface area contributed by atoms with Crippen LogP contribution >= 0.6 is 0 Å². The molecule has 202 valence electrons. The molecule has 3 aromatic carbocycles. The Morgan fingerprint density at radius 1 is 0.842 bits per heavy atom. The molecule has 0 fully saturated rings. The summed E-state index contributed by atoms with van der Waals surface area (Å²) in [5, 5.41) is 2.86. The van der Waals surface area contributed by atoms with Crippen LogP contribution in [0.1, 0.15) is 34.7 Å². The first kappa shape index (κ1) is 28.9. The second-order valence-electron chi connectivity index (χ2n) is 9.62. The van der Waals surface area contributed by atoms with Gasteiger partial charge in [0.05, 0.1) is 11.9 Å². The van der Waals surface area contributed by atoms with Crippen LogP contribution in [0, 0.1) is 20.8 Å². The lowest BCUT2D eigenvalue weighted by molar-refractivity contribution is -0.140. The van der Waals surface area contributed by atoms with Gasteiger partial charge in [0, 0.05) is 19.5 Å². The summed E-state index contributed by atoms with van der Waals surface area (Å²) in [6.45, 7) is 7.61. The number of aryl methyl sites for hydroxylation is 3. The molecule has 0 aliphatic heterocycles. The largest absolute Gasteiger partial charge is 0.355 e. The van der Waals surface area contributed by atoms with E-state index in [2.05, 4.69) is 5.32 Å². The van der Waals surface area contributed by atoms with E-state index in [0.29, 0.717) is 18.7 Å². The summed E-state index contributed by atoms with van der Waals surface area (Å²) in [5.41, 5.74) is 4.81. The molecule has 0 aliphatic rings. The predicted octanol–water partition coefficient (Wildman–Crippen LogP) is 4.15. The van der Waals surface area contributed by atoms with E-state index < -0.39 is 28.5 Å². The van der Waals surface area contributed by atoms with E-state index in [1.165, 1.54) is 4.90 Å². The lowest BCUT2D eigenvalue weighted by Gasteiger charge is -2.34. The first-order valence-electron chi connectivity index (χ1n) is 12.7. The van der Waals surface area contributed by atoms with Crippen LogP contribution < -0.4 is 9.62 Å². The minimum absolute atomic E-state index is 0.165. The molecule has 8 heteroatoms. The van der Waals surface area contributed by atoms with Gasteiger partial charge >= 0.3 is 0 Å². The van der Waals surface area contributed by atoms with Crippen LogP contribution in [0.3, 0.4) is 0 Å². The highest BCUT2D eigenvalue weighted by atomic mass is 32.2. The minimum atomic E-state index is -3.80. The number of likely N-dealkylation sites (N-methyl/N-ethyl adjacent to an activating group) is 1. The zero-order valence-electron chi connectivity index (χ0n) is 22.8. The zero-order valence-corrected chi connectivity index (χ0v) is 23.6. The summed E-state index contributed by atoms with van der Waals surface area (Å²) < 4.78 is 27.1. The van der Waals surface area contributed by atoms with Crippen LogP contribution in [0.4, 0.5) is 5.69 Å². The summed E-state index contributed by atoms with van der Waals surface area (Å²) in [6.07, 6.45) is 1.40. The molecule has 0 bridgehead atoms. The van der Waals surface area contributed by atoms with Crippen LogP contribution in [-0.4, -0.2) is 50.5 Å². The number of carbonyl (C=O) groups is 2. The molecule has 38 heavy (non-hydrogen) atoms. The van der Waals surface area contributed by atoms with E-state index in [0.717, 1.165) is 38.4 Å². The molecule has 3 aromatic rings. The fraction of sp³-hybridized carbons (Fsp3) is 0.333. The topological polar surface area (TPSA) is 86.8 Å². The summed E-state index contributed by atoms with van der Waals surface area (Å²) in [4.78, 5) is 28.9. The van der Waals surface area contributed by atoms with Crippen LogP contribution in [0.15, 0.2) is 72.8 Å². The molecule has 3 rings (SSSR count). The molecule has 2 amide bonds. The van der Waals surface area contributed by atoms with Crippen molar-refractivity contribution in [2.75, 3.05) is 23.7 Å². The lowest BCUT2D eigenvalue weighted by Crippen LogP contribution is -2.53. The van der Waals surface area contributed by atoms with E-state index in [-0.39, 0.29) is 12.5 Å². The normalized spacial score (nSPS) is 12.0. The van der Waals surface area contributed by atoms with Gasteiger partial charge in [-0.2, -0.15) is 0 Å². The fourth-order valence-corrected chi connectivity index (χ4v) is 5.48. The molecule has 0 radical (unpaired) electrons. The molecule has 7 nitrogen and oxygen atoms in total. The number of carbonyl (C=O) groups excluding carboxylic acids is 2. The number of nitrogens with one attached hydrogen (secondary N) is 1. The number of benzene rings is 3. The fourth-order valence-electron chi connectivity index (χ4n) is 4.51. The molecule has 1 N–H and O–H groups in total. The maximum absolute atomic E-state index is 14.0. The van der Waals surface area contributed by atoms with Gasteiger partial charge in [0.15, 0.2) is 0 Å². The summed E-state index contributed by atoms with van der Waals surface area (Å²) >= 11 is 0. The Bertz CT molecular complexity index is 1340. The average Bonchev–Trinajstić information content (AvgIpc) is 2.86. The Hall–Kier alpha value is -3.65. The highest BCUT2D eigenvalue weighted by Crippen LogP contribution is 2.27. The van der Waals surface area contributed by atoms with Crippen molar-refractivity contribution in [2.24, 2.45) is 0 Å². The average molecular weight is 536 g/mol. The number of rotatable bonds is 11. The molecule has 0 aliphatic carbocycles. The number of amides is 2. The first-order valence-corrected chi connectivity index (χ1v) is 14.6. The van der Waals surface area contributed by atoms with Crippen molar-refractivity contribution in [3.8, 4) is 0 Å². The van der Waals surface area contributed by atoms with Crippen molar-refractivity contribution in [1.29, 1.82) is 0 Å². The van der Waals surface area contributed by atoms with Gasteiger partial charge in [-0.15, -0.1) is 0 Å². The van der Waals surface area contributed by atoms with Crippen molar-refractivity contribution in [1.82, 2.24) is 10.2 Å². The third-order valence-corrected chi connectivity index (χ3v) is 7.58. The number of para-hydroxylation sites is 1. The van der Waals surface area contributed by atoms with Crippen LogP contribution in [0.25, 0.3) is 0 Å². The van der Waals surface area contributed by atoms with Gasteiger partial charge in [0.1, 0.15) is 12.6 Å². The molecule has 0 spiro atoms. The molecule has 0 aromatic heterocycles. The van der Waals surface area contributed by atoms with Crippen molar-refractivity contribution in [3.63, 3.8) is 0 Å². The Kier molecular flexibility index (Phi) is 9.69. The quantitative estimate of drug-likeness (QED) is 0.400. The maximum Gasteiger partial charge on any atom is 0.244 e. The van der Waals surface area contributed by atoms with Gasteiger partial charge < -0.3 is 10.2 Å². The summed E-state index contributed by atoms with van der Waals surface area (Å²) in [5.74, 6) is -0.736. The van der Waals surface area contributed by atoms with Crippen LogP contribution in [0.2, 0.25) is 0 Å². The van der Waals surface area contributed by atoms with E-state index in [1.54, 1.807) is 0 Å². The molecule has 0 heterocycles. The first-order chi connectivity index (χ1) is 18.0. The van der Waals surface area contributed by atoms with Gasteiger partial charge in [-0.3, -0.25) is 13.9 Å². The minimum Gasteiger partial charge on any atom is -0.355 e. The van der Waals surface area contributed by atoms with Crippen molar-refractivity contribution < 1.29 is 18.0 Å². The van der Waals surface area contributed by atoms with Crippen LogP contribution in [0.5, 0.6) is 0 Å². The zero-order chi connectivity index (χ0) is 27.9. The smallest absolute Gasteiger partial charge is 0.244 e. The third-order valence-electron chi connectivity index (χ3n) is 6.46. The van der Waals surface area contributed by atoms with Crippen molar-refractivity contribution in [2.45, 2.75) is 46.7 Å². The molecule has 0 saturated carbocycles. The van der Waals surface area contributed by atoms with Gasteiger partial charge in [0.25, 0.3) is 0 Å². The molecule has 1 atom stereocenters. The van der Waals surface area contributed by atoms with E-state index in [1.807, 2.05) is 100 Å². The monoisotopic (exact) mass is 535 g/mol. The number of nitrogens with zero attached hydrogens (tertiary/aromatic N) is 2. The number of sulfonamides is 1. The number of hydrogen-bond donors (Lipinski definition) is 1. The van der Waals surface area contributed by atoms with Gasteiger partial charge in [-0.1, -0.05) is 78.4 Å². The Morgan fingerprint density at radius 3 is 2.00 bits per heavy atom. The predicted molar refractivity (Wildman–Crippen MR) is 152 cm³/mol. The molecular formula is C30H37N3O4S. The molecule has 1 unspecified atom stereocenters. The second-order valence-corrected chi connectivity index (χ2v) is 11.5. The van der Waals surface area contributed by atoms with Crippen LogP contribution in [-0.2, 0) is 32.6 Å².